The standard InChI is InChI=1S/C7H15NO2/c1-7(9)6-10-5-4-8(2)3/h4-6H2,1-3H3. The lowest BCUT2D eigenvalue weighted by Gasteiger charge is -2.08. The number of ether oxygens (including phenoxy) is 1. The molecular formula is C7H15NO2. The molecule has 0 aromatic rings. The van der Waals surface area contributed by atoms with E-state index in [-0.39, 0.29) is 12.4 Å². The van der Waals surface area contributed by atoms with E-state index in [1.807, 2.05) is 19.0 Å². The van der Waals surface area contributed by atoms with Crippen molar-refractivity contribution in [1.29, 1.82) is 0 Å². The van der Waals surface area contributed by atoms with Crippen molar-refractivity contribution in [2.24, 2.45) is 0 Å². The van der Waals surface area contributed by atoms with Crippen molar-refractivity contribution in [2.75, 3.05) is 33.9 Å². The molecule has 0 radical (unpaired) electrons. The van der Waals surface area contributed by atoms with E-state index < -0.39 is 0 Å². The van der Waals surface area contributed by atoms with E-state index in [0.717, 1.165) is 6.54 Å². The monoisotopic (exact) mass is 145 g/mol. The highest BCUT2D eigenvalue weighted by atomic mass is 16.5. The number of ketones is 1. The van der Waals surface area contributed by atoms with Gasteiger partial charge in [-0.25, -0.2) is 0 Å². The van der Waals surface area contributed by atoms with Crippen molar-refractivity contribution in [3.8, 4) is 0 Å². The second kappa shape index (κ2) is 5.38. The highest BCUT2D eigenvalue weighted by molar-refractivity contribution is 5.76. The van der Waals surface area contributed by atoms with Gasteiger partial charge >= 0.3 is 0 Å². The Bertz CT molecular complexity index is 102. The molecule has 10 heavy (non-hydrogen) atoms. The van der Waals surface area contributed by atoms with E-state index in [1.54, 1.807) is 0 Å². The number of carbonyl (C=O) groups is 1. The van der Waals surface area contributed by atoms with Gasteiger partial charge in [0.15, 0.2) is 5.78 Å². The summed E-state index contributed by atoms with van der Waals surface area (Å²) in [4.78, 5) is 12.4. The fraction of sp³-hybridized carbons (Fsp3) is 0.857. The predicted molar refractivity (Wildman–Crippen MR) is 40.1 cm³/mol. The number of nitrogens with zero attached hydrogens (tertiary/aromatic N) is 1. The number of carbonyl (C=O) groups excluding carboxylic acids is 1. The quantitative estimate of drug-likeness (QED) is 0.516. The maximum Gasteiger partial charge on any atom is 0.155 e. The molecule has 0 heterocycles. The molecule has 0 aromatic heterocycles. The van der Waals surface area contributed by atoms with E-state index in [2.05, 4.69) is 0 Å². The van der Waals surface area contributed by atoms with Crippen LogP contribution in [0.5, 0.6) is 0 Å². The van der Waals surface area contributed by atoms with Crippen molar-refractivity contribution in [1.82, 2.24) is 4.90 Å². The topological polar surface area (TPSA) is 29.5 Å². The van der Waals surface area contributed by atoms with Gasteiger partial charge in [-0.3, -0.25) is 4.79 Å². The van der Waals surface area contributed by atoms with Crippen LogP contribution in [0.3, 0.4) is 0 Å². The summed E-state index contributed by atoms with van der Waals surface area (Å²) in [5.74, 6) is 0.0822. The first-order valence-corrected chi connectivity index (χ1v) is 3.35. The summed E-state index contributed by atoms with van der Waals surface area (Å²) in [6, 6.07) is 0. The normalized spacial score (nSPS) is 10.4. The molecule has 0 aliphatic heterocycles. The Labute approximate surface area is 62.0 Å². The molecule has 3 heteroatoms. The first-order valence-electron chi connectivity index (χ1n) is 3.35. The van der Waals surface area contributed by atoms with Crippen LogP contribution in [0.15, 0.2) is 0 Å². The second-order valence-electron chi connectivity index (χ2n) is 2.56. The van der Waals surface area contributed by atoms with Crippen LogP contribution in [0.25, 0.3) is 0 Å². The minimum Gasteiger partial charge on any atom is -0.372 e. The summed E-state index contributed by atoms with van der Waals surface area (Å²) in [7, 11) is 3.94. The number of hydrogen-bond donors (Lipinski definition) is 0. The molecule has 0 unspecified atom stereocenters. The van der Waals surface area contributed by atoms with Crippen molar-refractivity contribution in [3.63, 3.8) is 0 Å². The minimum absolute atomic E-state index is 0.0822. The highest BCUT2D eigenvalue weighted by Gasteiger charge is 1.93. The molecule has 0 amide bonds. The summed E-state index contributed by atoms with van der Waals surface area (Å²) in [6.07, 6.45) is 0. The van der Waals surface area contributed by atoms with E-state index in [4.69, 9.17) is 4.74 Å². The van der Waals surface area contributed by atoms with Crippen LogP contribution in [0.2, 0.25) is 0 Å². The van der Waals surface area contributed by atoms with Gasteiger partial charge in [0.25, 0.3) is 0 Å². The molecule has 0 saturated heterocycles. The van der Waals surface area contributed by atoms with Crippen LogP contribution >= 0.6 is 0 Å². The maximum absolute atomic E-state index is 10.3. The largest absolute Gasteiger partial charge is 0.372 e. The molecule has 60 valence electrons. The Morgan fingerprint density at radius 3 is 2.50 bits per heavy atom. The average Bonchev–Trinajstić information content (AvgIpc) is 1.79. The summed E-state index contributed by atoms with van der Waals surface area (Å²) in [6.45, 7) is 3.27. The first-order chi connectivity index (χ1) is 4.63. The SMILES string of the molecule is CC(=O)COCCN(C)C. The van der Waals surface area contributed by atoms with Crippen molar-refractivity contribution in [2.45, 2.75) is 6.92 Å². The number of Topliss-reactive ketones (excluding diaryl/α,β-unsaturated/α-hetero) is 1. The fourth-order valence-corrected chi connectivity index (χ4v) is 0.463. The Balaban J connectivity index is 2.98. The second-order valence-corrected chi connectivity index (χ2v) is 2.56. The molecule has 0 rings (SSSR count). The minimum atomic E-state index is 0.0822. The summed E-state index contributed by atoms with van der Waals surface area (Å²) < 4.78 is 5.01. The van der Waals surface area contributed by atoms with Crippen LogP contribution in [0.4, 0.5) is 0 Å². The van der Waals surface area contributed by atoms with Gasteiger partial charge in [-0.15, -0.1) is 0 Å². The van der Waals surface area contributed by atoms with Crippen LogP contribution in [-0.2, 0) is 9.53 Å². The average molecular weight is 145 g/mol. The van der Waals surface area contributed by atoms with Crippen molar-refractivity contribution in [3.05, 3.63) is 0 Å². The van der Waals surface area contributed by atoms with Crippen LogP contribution < -0.4 is 0 Å². The molecule has 0 atom stereocenters. The molecule has 0 fully saturated rings. The van der Waals surface area contributed by atoms with Gasteiger partial charge in [0.2, 0.25) is 0 Å². The van der Waals surface area contributed by atoms with Gasteiger partial charge in [-0.05, 0) is 21.0 Å². The number of rotatable bonds is 5. The molecule has 0 N–H and O–H groups in total. The Hall–Kier alpha value is -0.410. The Morgan fingerprint density at radius 2 is 2.10 bits per heavy atom. The van der Waals surface area contributed by atoms with Gasteiger partial charge in [-0.1, -0.05) is 0 Å². The Kier molecular flexibility index (Phi) is 5.16. The van der Waals surface area contributed by atoms with Crippen molar-refractivity contribution >= 4 is 5.78 Å². The first kappa shape index (κ1) is 9.59. The Morgan fingerprint density at radius 1 is 1.50 bits per heavy atom. The third-order valence-corrected chi connectivity index (χ3v) is 0.988. The molecule has 3 nitrogen and oxygen atoms in total. The van der Waals surface area contributed by atoms with Crippen LogP contribution in [0, 0.1) is 0 Å². The van der Waals surface area contributed by atoms with E-state index in [0.29, 0.717) is 6.61 Å². The lowest BCUT2D eigenvalue weighted by Crippen LogP contribution is -2.19. The van der Waals surface area contributed by atoms with E-state index >= 15 is 0 Å². The highest BCUT2D eigenvalue weighted by Crippen LogP contribution is 1.78. The third kappa shape index (κ3) is 7.59. The molecule has 0 aliphatic rings. The number of hydrogen-bond acceptors (Lipinski definition) is 3. The molecule has 0 bridgehead atoms. The van der Waals surface area contributed by atoms with E-state index in [1.165, 1.54) is 6.92 Å². The van der Waals surface area contributed by atoms with Gasteiger partial charge < -0.3 is 9.64 Å². The molecule has 0 spiro atoms. The molecular weight excluding hydrogens is 130 g/mol. The fourth-order valence-electron chi connectivity index (χ4n) is 0.463. The van der Waals surface area contributed by atoms with E-state index in [9.17, 15) is 4.79 Å². The lowest BCUT2D eigenvalue weighted by atomic mass is 10.5. The van der Waals surface area contributed by atoms with Gasteiger partial charge in [-0.2, -0.15) is 0 Å². The zero-order chi connectivity index (χ0) is 7.98. The number of likely N-dealkylation sites (N-methyl/N-ethyl adjacent to an activating group) is 1. The van der Waals surface area contributed by atoms with Gasteiger partial charge in [0, 0.05) is 6.54 Å². The van der Waals surface area contributed by atoms with Crippen LogP contribution in [0.1, 0.15) is 6.92 Å². The third-order valence-electron chi connectivity index (χ3n) is 0.988. The van der Waals surface area contributed by atoms with Crippen molar-refractivity contribution < 1.29 is 9.53 Å². The molecule has 0 saturated carbocycles. The summed E-state index contributed by atoms with van der Waals surface area (Å²) in [5.41, 5.74) is 0. The predicted octanol–water partition coefficient (Wildman–Crippen LogP) is 0.154. The van der Waals surface area contributed by atoms with Gasteiger partial charge in [0.05, 0.1) is 6.61 Å². The van der Waals surface area contributed by atoms with Crippen LogP contribution in [-0.4, -0.2) is 44.5 Å². The molecule has 0 aromatic carbocycles. The molecule has 0 aliphatic carbocycles. The van der Waals surface area contributed by atoms with Gasteiger partial charge in [0.1, 0.15) is 6.61 Å². The zero-order valence-corrected chi connectivity index (χ0v) is 6.89. The smallest absolute Gasteiger partial charge is 0.155 e. The summed E-state index contributed by atoms with van der Waals surface area (Å²) in [5, 5.41) is 0. The lowest BCUT2D eigenvalue weighted by molar-refractivity contribution is -0.121. The zero-order valence-electron chi connectivity index (χ0n) is 6.89. The summed E-state index contributed by atoms with van der Waals surface area (Å²) >= 11 is 0. The maximum atomic E-state index is 10.3.